The number of phenols is 3. The smallest absolute Gasteiger partial charge is 0.304 e. The van der Waals surface area contributed by atoms with E-state index in [9.17, 15) is 60.4 Å². The highest BCUT2D eigenvalue weighted by Crippen LogP contribution is 2.47. The minimum Gasteiger partial charge on any atom is -0.504 e. The average Bonchev–Trinajstić information content (AvgIpc) is 1.62. The van der Waals surface area contributed by atoms with Crippen LogP contribution in [0.4, 0.5) is 0 Å². The van der Waals surface area contributed by atoms with E-state index >= 15 is 0 Å². The van der Waals surface area contributed by atoms with Crippen LogP contribution in [0.3, 0.4) is 0 Å². The average molecular weight is 1870 g/mol. The van der Waals surface area contributed by atoms with Crippen molar-refractivity contribution in [1.29, 1.82) is 0 Å². The number of benzene rings is 8. The van der Waals surface area contributed by atoms with Crippen molar-refractivity contribution in [2.75, 3.05) is 51.5 Å². The lowest BCUT2D eigenvalue weighted by Gasteiger charge is -2.36. The van der Waals surface area contributed by atoms with Gasteiger partial charge in [0.1, 0.15) is 5.75 Å². The van der Waals surface area contributed by atoms with Crippen LogP contribution in [0.15, 0.2) is 194 Å². The van der Waals surface area contributed by atoms with Gasteiger partial charge < -0.3 is 49.8 Å². The number of aliphatic carboxylic acids is 2. The van der Waals surface area contributed by atoms with Gasteiger partial charge in [0, 0.05) is 76.2 Å². The Labute approximate surface area is 746 Å². The summed E-state index contributed by atoms with van der Waals surface area (Å²) >= 11 is 0. The molecule has 0 fully saturated rings. The second-order valence-corrected chi connectivity index (χ2v) is 38.6. The Kier molecular flexibility index (Phi) is 38.1. The van der Waals surface area contributed by atoms with Gasteiger partial charge in [0.05, 0.1) is 124 Å². The van der Waals surface area contributed by atoms with Gasteiger partial charge in [-0.3, -0.25) is 38.9 Å². The minimum absolute atomic E-state index is 0. The number of unbranched alkanes of at least 4 members (excludes halogenated alkanes) is 4. The number of fused-ring (bicyclic) bond motifs is 4. The van der Waals surface area contributed by atoms with E-state index in [1.807, 2.05) is 129 Å². The Bertz CT molecular complexity index is 5080. The van der Waals surface area contributed by atoms with Gasteiger partial charge in [-0.1, -0.05) is 236 Å². The zero-order chi connectivity index (χ0) is 87.2. The molecule has 668 valence electrons. The first-order valence-electron chi connectivity index (χ1n) is 41.9. The van der Waals surface area contributed by atoms with E-state index in [4.69, 9.17) is 23.9 Å². The summed E-state index contributed by atoms with van der Waals surface area (Å²) in [7, 11) is -3.75. The van der Waals surface area contributed by atoms with Crippen molar-refractivity contribution in [3.05, 3.63) is 220 Å². The highest BCUT2D eigenvalue weighted by Gasteiger charge is 2.46. The molecule has 4 aliphatic heterocycles. The molecule has 4 aliphatic rings. The highest BCUT2D eigenvalue weighted by atomic mass is 127. The molecule has 27 heteroatoms. The van der Waals surface area contributed by atoms with E-state index in [1.54, 1.807) is 36.4 Å². The predicted octanol–water partition coefficient (Wildman–Crippen LogP) is 18.9. The highest BCUT2D eigenvalue weighted by molar-refractivity contribution is 14.0. The van der Waals surface area contributed by atoms with Crippen molar-refractivity contribution in [1.82, 2.24) is 21.3 Å². The number of carboxylic acids is 2. The first-order chi connectivity index (χ1) is 57.5. The van der Waals surface area contributed by atoms with Crippen LogP contribution in [0, 0.1) is 0 Å². The van der Waals surface area contributed by atoms with Crippen LogP contribution in [-0.2, 0) is 57.4 Å². The molecule has 9 N–H and O–H groups in total. The zero-order valence-electron chi connectivity index (χ0n) is 71.9. The SMILES string of the molecule is C.CCCC[C@]1(CC)CS(=O)(=O)c2cc(CNC(CC(=O)O)CC(=O)O)c(OC)cc2[C@@H](c2ccccc2)N1.CCCC[C@]1(CC)CS(=O)(=O)c2cc(O)c(OC)cc2[C@@H](c2ccccc2)N1.CCCC[C@]1(CC)C[S@](=O)c2cc(O)c(OC)cc2C(c2ccccc2)=N1.CCCC[C@]1(CC)C[S@](=O)c2cc(O)c(OC)cc2[C@@H](c2ccccc2)N1.I.[HH]. The van der Waals surface area contributed by atoms with Crippen LogP contribution in [0.2, 0.25) is 0 Å². The standard InChI is InChI=1S/C28H38N2O7S.C22H29NO4S.C22H29NO3S.C22H27NO3S.CH4.HI.H2/c1-4-6-12-28(5-2)18-38(35,36)24-13-20(17-29-21(14-25(31)32)15-26(33)34)23(37-3)16-22(24)27(30-28)19-10-8-7-9-11-19;1-4-6-12-22(5-2)15-28(25,26)20-14-18(24)19(27-3)13-17(20)21(23-22)16-10-8-7-9-11-16;2*1-4-6-12-22(5-2)15-27(25)20-14-18(24)19(26-3)13-17(20)21(23-22)16-10-8-7-9-11-16;;;/h7-11,13,16,21,27,29-30H,4-6,12,14-15,17-18H2,1-3H3,(H,31,32)(H,33,34);7-11,13-14,21,23-24H,4-6,12,15H2,1-3H3;7-11,13-14,21,23-24H,4-6,12,15H2,1-3H3;7-11,13-14,24H,4-6,12,15H2,1-3H3;1H4;2*1H/t27-,28-;21-,22-;21-,22-,27+;22-,27+;;;/m1111.../s1. The summed E-state index contributed by atoms with van der Waals surface area (Å²) in [5.41, 5.74) is 6.57. The second-order valence-electron chi connectivity index (χ2n) is 31.8. The molecule has 12 rings (SSSR count). The third-order valence-corrected chi connectivity index (χ3v) is 30.9. The van der Waals surface area contributed by atoms with Gasteiger partial charge in [0.2, 0.25) is 0 Å². The summed E-state index contributed by atoms with van der Waals surface area (Å²) in [6.07, 6.45) is 13.8. The maximum Gasteiger partial charge on any atom is 0.304 e. The first kappa shape index (κ1) is 101. The van der Waals surface area contributed by atoms with Crippen LogP contribution in [0.25, 0.3) is 0 Å². The van der Waals surface area contributed by atoms with E-state index in [2.05, 4.69) is 74.9 Å². The molecule has 0 amide bonds. The predicted molar refractivity (Wildman–Crippen MR) is 500 cm³/mol. The molecule has 0 bridgehead atoms. The molecule has 4 heterocycles. The van der Waals surface area contributed by atoms with Gasteiger partial charge in [-0.2, -0.15) is 0 Å². The Morgan fingerprint density at radius 2 is 0.852 bits per heavy atom. The van der Waals surface area contributed by atoms with Crippen LogP contribution < -0.4 is 40.2 Å². The number of nitrogens with zero attached hydrogens (tertiary/aromatic N) is 1. The van der Waals surface area contributed by atoms with Crippen LogP contribution in [0.5, 0.6) is 40.2 Å². The summed E-state index contributed by atoms with van der Waals surface area (Å²) < 4.78 is 103. The molecule has 0 radical (unpaired) electrons. The molecule has 8 aromatic carbocycles. The number of ether oxygens (including phenoxy) is 4. The van der Waals surface area contributed by atoms with E-state index in [1.165, 1.54) is 34.5 Å². The van der Waals surface area contributed by atoms with E-state index in [-0.39, 0.29) is 126 Å². The Balaban J connectivity index is 0.000000254. The van der Waals surface area contributed by atoms with Crippen LogP contribution >= 0.6 is 24.0 Å². The van der Waals surface area contributed by atoms with Gasteiger partial charge in [0.25, 0.3) is 0 Å². The number of rotatable bonds is 31. The molecule has 0 saturated heterocycles. The normalized spacial score (nSPS) is 22.1. The largest absolute Gasteiger partial charge is 0.504 e. The lowest BCUT2D eigenvalue weighted by atomic mass is 9.88. The van der Waals surface area contributed by atoms with E-state index in [0.29, 0.717) is 74.5 Å². The number of hydrogen-bond acceptors (Lipinski definition) is 20. The van der Waals surface area contributed by atoms with Crippen molar-refractivity contribution in [2.45, 2.75) is 251 Å². The molecule has 122 heavy (non-hydrogen) atoms. The van der Waals surface area contributed by atoms with Crippen molar-refractivity contribution in [3.63, 3.8) is 0 Å². The third kappa shape index (κ3) is 24.9. The molecule has 0 aliphatic carbocycles. The maximum atomic E-state index is 13.9. The molecule has 22 nitrogen and oxygen atoms in total. The maximum absolute atomic E-state index is 13.9. The third-order valence-electron chi connectivity index (χ3n) is 23.7. The Hall–Kier alpha value is -8.26. The van der Waals surface area contributed by atoms with Gasteiger partial charge in [-0.25, -0.2) is 16.8 Å². The van der Waals surface area contributed by atoms with Crippen LogP contribution in [0.1, 0.15) is 248 Å². The second kappa shape index (κ2) is 46.1. The summed E-state index contributed by atoms with van der Waals surface area (Å²) in [5.74, 6) is 0.108. The fraction of sp³-hybridized carbons (Fsp3) is 0.463. The molecule has 8 aromatic rings. The summed E-state index contributed by atoms with van der Waals surface area (Å²) in [5, 5.41) is 63.4. The number of halogens is 1. The number of methoxy groups -OCH3 is 4. The molecule has 9 atom stereocenters. The summed E-state index contributed by atoms with van der Waals surface area (Å²) in [6.45, 7) is 16.9. The van der Waals surface area contributed by atoms with E-state index < -0.39 is 70.3 Å². The van der Waals surface area contributed by atoms with Crippen molar-refractivity contribution >= 4 is 82.9 Å². The lowest BCUT2D eigenvalue weighted by Crippen LogP contribution is -2.50. The van der Waals surface area contributed by atoms with Crippen molar-refractivity contribution in [2.24, 2.45) is 4.99 Å². The summed E-state index contributed by atoms with van der Waals surface area (Å²) in [4.78, 5) is 29.4. The molecule has 0 aromatic heterocycles. The monoisotopic (exact) mass is 1870 g/mol. The number of sulfone groups is 2. The fourth-order valence-electron chi connectivity index (χ4n) is 16.6. The fourth-order valence-corrected chi connectivity index (χ4v) is 24.4. The van der Waals surface area contributed by atoms with Crippen molar-refractivity contribution < 1.29 is 80.7 Å². The van der Waals surface area contributed by atoms with Gasteiger partial charge in [-0.15, -0.1) is 24.0 Å². The molecular formula is C95H130IN5O17S4. The quantitative estimate of drug-likeness (QED) is 0.0182. The van der Waals surface area contributed by atoms with Gasteiger partial charge >= 0.3 is 11.9 Å². The molecule has 0 unspecified atom stereocenters. The molecular weight excluding hydrogens is 1740 g/mol. The lowest BCUT2D eigenvalue weighted by molar-refractivity contribution is -0.139. The summed E-state index contributed by atoms with van der Waals surface area (Å²) in [6, 6.07) is 51.3. The van der Waals surface area contributed by atoms with Crippen molar-refractivity contribution in [3.8, 4) is 40.2 Å². The molecule has 0 spiro atoms. The number of aliphatic imine (C=N–C) groups is 1. The number of phenolic OH excluding ortho intramolecular Hbond substituents is 3. The first-order valence-corrected chi connectivity index (χ1v) is 47.9. The number of carboxylic acid groups (broad SMARTS) is 2. The Morgan fingerprint density at radius 3 is 1.28 bits per heavy atom. The topological polar surface area (TPSA) is 335 Å². The number of carbonyl (C=O) groups is 2. The van der Waals surface area contributed by atoms with E-state index in [0.717, 1.165) is 123 Å². The van der Waals surface area contributed by atoms with Gasteiger partial charge in [-0.05, 0) is 115 Å². The minimum atomic E-state index is -3.73. The number of nitrogens with one attached hydrogen (secondary N) is 4. The molecule has 0 saturated carbocycles. The number of aromatic hydroxyl groups is 3. The number of hydrogen-bond donors (Lipinski definition) is 9. The zero-order valence-corrected chi connectivity index (χ0v) is 77.5. The Morgan fingerprint density at radius 1 is 0.484 bits per heavy atom. The van der Waals surface area contributed by atoms with Gasteiger partial charge in [0.15, 0.2) is 54.2 Å². The van der Waals surface area contributed by atoms with Crippen LogP contribution in [-0.4, -0.2) is 148 Å².